The molecule has 0 aromatic heterocycles. The maximum atomic E-state index is 12.9. The van der Waals surface area contributed by atoms with Gasteiger partial charge >= 0.3 is 0 Å². The van der Waals surface area contributed by atoms with Gasteiger partial charge in [0.2, 0.25) is 5.91 Å². The lowest BCUT2D eigenvalue weighted by atomic mass is 10.1. The van der Waals surface area contributed by atoms with Crippen molar-refractivity contribution in [3.05, 3.63) is 42.5 Å². The van der Waals surface area contributed by atoms with Gasteiger partial charge in [-0.05, 0) is 25.1 Å². The molecule has 0 spiro atoms. The molecule has 100 valence electrons. The maximum Gasteiger partial charge on any atom is 0.244 e. The van der Waals surface area contributed by atoms with Crippen LogP contribution in [-0.2, 0) is 4.79 Å². The van der Waals surface area contributed by atoms with E-state index < -0.39 is 23.1 Å². The maximum absolute atomic E-state index is 12.9. The van der Waals surface area contributed by atoms with E-state index in [1.807, 2.05) is 6.07 Å². The topological polar surface area (TPSA) is 62.1 Å². The zero-order valence-electron chi connectivity index (χ0n) is 10.2. The van der Waals surface area contributed by atoms with Gasteiger partial charge in [-0.2, -0.15) is 5.26 Å². The van der Waals surface area contributed by atoms with Gasteiger partial charge in [-0.3, -0.25) is 4.79 Å². The Morgan fingerprint density at radius 2 is 2.26 bits per heavy atom. The molecule has 0 aliphatic rings. The fraction of sp³-hybridized carbons (Fsp3) is 0.231. The van der Waals surface area contributed by atoms with E-state index in [1.54, 1.807) is 0 Å². The first kappa shape index (κ1) is 14.6. The Bertz CT molecular complexity index is 540. The third-order valence-corrected chi connectivity index (χ3v) is 2.25. The van der Waals surface area contributed by atoms with Crippen LogP contribution in [-0.4, -0.2) is 18.1 Å². The second-order valence-corrected chi connectivity index (χ2v) is 4.00. The number of nitrogens with zero attached hydrogens (tertiary/aromatic N) is 1. The Balaban J connectivity index is 2.72. The number of hydrogen-bond acceptors (Lipinski definition) is 3. The number of hydrogen-bond donors (Lipinski definition) is 1. The Labute approximate surface area is 109 Å². The minimum absolute atomic E-state index is 0.0632. The molecule has 4 nitrogen and oxygen atoms in total. The van der Waals surface area contributed by atoms with Crippen molar-refractivity contribution in [1.29, 1.82) is 5.26 Å². The van der Waals surface area contributed by atoms with Crippen molar-refractivity contribution < 1.29 is 18.3 Å². The molecule has 1 rings (SSSR count). The highest BCUT2D eigenvalue weighted by atomic mass is 19.2. The monoisotopic (exact) mass is 266 g/mol. The molecule has 19 heavy (non-hydrogen) atoms. The van der Waals surface area contributed by atoms with E-state index in [1.165, 1.54) is 13.0 Å². The van der Waals surface area contributed by atoms with E-state index in [-0.39, 0.29) is 12.4 Å². The predicted octanol–water partition coefficient (Wildman–Crippen LogP) is 1.93. The largest absolute Gasteiger partial charge is 0.490 e. The van der Waals surface area contributed by atoms with Crippen molar-refractivity contribution in [2.45, 2.75) is 12.5 Å². The Morgan fingerprint density at radius 1 is 1.58 bits per heavy atom. The number of halogens is 2. The van der Waals surface area contributed by atoms with Crippen LogP contribution in [0.15, 0.2) is 30.9 Å². The molecular formula is C13H12F2N2O2. The molecular weight excluding hydrogens is 254 g/mol. The van der Waals surface area contributed by atoms with Crippen molar-refractivity contribution in [3.8, 4) is 11.8 Å². The van der Waals surface area contributed by atoms with E-state index in [0.29, 0.717) is 0 Å². The van der Waals surface area contributed by atoms with E-state index in [9.17, 15) is 13.6 Å². The third-order valence-electron chi connectivity index (χ3n) is 2.25. The van der Waals surface area contributed by atoms with Gasteiger partial charge in [-0.25, -0.2) is 8.78 Å². The smallest absolute Gasteiger partial charge is 0.244 e. The van der Waals surface area contributed by atoms with Crippen molar-refractivity contribution in [1.82, 2.24) is 5.32 Å². The average Bonchev–Trinajstić information content (AvgIpc) is 2.40. The van der Waals surface area contributed by atoms with Crippen LogP contribution in [0.4, 0.5) is 8.78 Å². The molecule has 0 fully saturated rings. The number of benzene rings is 1. The van der Waals surface area contributed by atoms with Crippen LogP contribution in [0.25, 0.3) is 0 Å². The number of carbonyl (C=O) groups excluding carboxylic acids is 1. The highest BCUT2D eigenvalue weighted by molar-refractivity contribution is 5.87. The highest BCUT2D eigenvalue weighted by Gasteiger charge is 2.26. The average molecular weight is 266 g/mol. The molecule has 0 heterocycles. The standard InChI is InChI=1S/C13H12F2N2O2/c1-3-12(18)17-13(2,7-16)8-19-9-4-5-10(14)11(15)6-9/h3-6H,1,8H2,2H3,(H,17,18). The minimum atomic E-state index is -1.30. The first-order valence-electron chi connectivity index (χ1n) is 5.34. The summed E-state index contributed by atoms with van der Waals surface area (Å²) in [7, 11) is 0. The minimum Gasteiger partial charge on any atom is -0.490 e. The van der Waals surface area contributed by atoms with Gasteiger partial charge in [0.05, 0.1) is 6.07 Å². The highest BCUT2D eigenvalue weighted by Crippen LogP contribution is 2.17. The van der Waals surface area contributed by atoms with Crippen molar-refractivity contribution in [3.63, 3.8) is 0 Å². The number of ether oxygens (including phenoxy) is 1. The normalized spacial score (nSPS) is 12.9. The summed E-state index contributed by atoms with van der Waals surface area (Å²) in [5.74, 6) is -2.51. The summed E-state index contributed by atoms with van der Waals surface area (Å²) in [6.07, 6.45) is 1.02. The van der Waals surface area contributed by atoms with Gasteiger partial charge < -0.3 is 10.1 Å². The summed E-state index contributed by atoms with van der Waals surface area (Å²) >= 11 is 0. The van der Waals surface area contributed by atoms with Gasteiger partial charge in [0, 0.05) is 6.07 Å². The van der Waals surface area contributed by atoms with Crippen LogP contribution in [0.2, 0.25) is 0 Å². The van der Waals surface area contributed by atoms with Crippen LogP contribution in [0.5, 0.6) is 5.75 Å². The lowest BCUT2D eigenvalue weighted by molar-refractivity contribution is -0.117. The lowest BCUT2D eigenvalue weighted by Crippen LogP contribution is -2.48. The van der Waals surface area contributed by atoms with Gasteiger partial charge in [0.25, 0.3) is 0 Å². The molecule has 1 atom stereocenters. The van der Waals surface area contributed by atoms with Crippen molar-refractivity contribution in [2.75, 3.05) is 6.61 Å². The van der Waals surface area contributed by atoms with E-state index in [0.717, 1.165) is 18.2 Å². The Morgan fingerprint density at radius 3 is 2.79 bits per heavy atom. The molecule has 6 heteroatoms. The van der Waals surface area contributed by atoms with E-state index in [2.05, 4.69) is 11.9 Å². The van der Waals surface area contributed by atoms with Gasteiger partial charge in [0.1, 0.15) is 12.4 Å². The fourth-order valence-electron chi connectivity index (χ4n) is 1.21. The number of amides is 1. The molecule has 1 aromatic rings. The van der Waals surface area contributed by atoms with E-state index in [4.69, 9.17) is 10.00 Å². The fourth-order valence-corrected chi connectivity index (χ4v) is 1.21. The molecule has 1 aromatic carbocycles. The molecule has 0 aliphatic heterocycles. The van der Waals surface area contributed by atoms with E-state index >= 15 is 0 Å². The van der Waals surface area contributed by atoms with Crippen LogP contribution in [0.3, 0.4) is 0 Å². The second kappa shape index (κ2) is 5.96. The zero-order valence-corrected chi connectivity index (χ0v) is 10.2. The third kappa shape index (κ3) is 4.07. The molecule has 0 aliphatic carbocycles. The van der Waals surface area contributed by atoms with Crippen LogP contribution in [0, 0.1) is 23.0 Å². The Kier molecular flexibility index (Phi) is 4.59. The lowest BCUT2D eigenvalue weighted by Gasteiger charge is -2.22. The predicted molar refractivity (Wildman–Crippen MR) is 64.2 cm³/mol. The number of carbonyl (C=O) groups is 1. The second-order valence-electron chi connectivity index (χ2n) is 4.00. The first-order valence-corrected chi connectivity index (χ1v) is 5.34. The van der Waals surface area contributed by atoms with Crippen LogP contribution < -0.4 is 10.1 Å². The summed E-state index contributed by atoms with van der Waals surface area (Å²) < 4.78 is 30.8. The SMILES string of the molecule is C=CC(=O)NC(C)(C#N)COc1ccc(F)c(F)c1. The molecule has 1 amide bonds. The summed E-state index contributed by atoms with van der Waals surface area (Å²) in [4.78, 5) is 11.2. The molecule has 1 N–H and O–H groups in total. The number of rotatable bonds is 5. The van der Waals surface area contributed by atoms with Crippen LogP contribution >= 0.6 is 0 Å². The summed E-state index contributed by atoms with van der Waals surface area (Å²) in [6.45, 7) is 4.49. The Hall–Kier alpha value is -2.42. The first-order chi connectivity index (χ1) is 8.90. The summed E-state index contributed by atoms with van der Waals surface area (Å²) in [5.41, 5.74) is -1.30. The van der Waals surface area contributed by atoms with Crippen LogP contribution in [0.1, 0.15) is 6.92 Å². The number of nitrogens with one attached hydrogen (secondary N) is 1. The number of nitriles is 1. The molecule has 0 saturated heterocycles. The molecule has 0 bridgehead atoms. The van der Waals surface area contributed by atoms with Gasteiger partial charge in [0.15, 0.2) is 17.2 Å². The van der Waals surface area contributed by atoms with Gasteiger partial charge in [-0.15, -0.1) is 0 Å². The molecule has 1 unspecified atom stereocenters. The zero-order chi connectivity index (χ0) is 14.5. The quantitative estimate of drug-likeness (QED) is 0.828. The van der Waals surface area contributed by atoms with Crippen molar-refractivity contribution in [2.24, 2.45) is 0 Å². The summed E-state index contributed by atoms with van der Waals surface area (Å²) in [5, 5.41) is 11.4. The summed E-state index contributed by atoms with van der Waals surface area (Å²) in [6, 6.07) is 4.87. The molecule has 0 saturated carbocycles. The van der Waals surface area contributed by atoms with Gasteiger partial charge in [-0.1, -0.05) is 6.58 Å². The molecule has 0 radical (unpaired) electrons. The van der Waals surface area contributed by atoms with Crippen molar-refractivity contribution >= 4 is 5.91 Å².